The van der Waals surface area contributed by atoms with Gasteiger partial charge in [0.05, 0.1) is 29.8 Å². The van der Waals surface area contributed by atoms with Gasteiger partial charge in [-0.3, -0.25) is 13.9 Å². The lowest BCUT2D eigenvalue weighted by atomic mass is 9.87. The lowest BCUT2D eigenvalue weighted by Gasteiger charge is -2.33. The highest BCUT2D eigenvalue weighted by Gasteiger charge is 2.32. The van der Waals surface area contributed by atoms with Crippen molar-refractivity contribution in [1.29, 1.82) is 0 Å². The molecule has 176 valence electrons. The third-order valence-corrected chi connectivity index (χ3v) is 6.59. The second-order valence-corrected chi connectivity index (χ2v) is 9.08. The summed E-state index contributed by atoms with van der Waals surface area (Å²) in [4.78, 5) is 22.2. The van der Waals surface area contributed by atoms with Crippen molar-refractivity contribution >= 4 is 17.2 Å². The van der Waals surface area contributed by atoms with Crippen LogP contribution in [0.4, 0.5) is 8.78 Å². The normalized spacial score (nSPS) is 20.7. The zero-order valence-corrected chi connectivity index (χ0v) is 19.6. The molecule has 10 heteroatoms. The van der Waals surface area contributed by atoms with Crippen molar-refractivity contribution < 1.29 is 13.5 Å². The highest BCUT2D eigenvalue weighted by Crippen LogP contribution is 2.40. The number of hydrogen-bond donors (Lipinski definition) is 0. The highest BCUT2D eigenvalue weighted by atomic mass is 35.5. The summed E-state index contributed by atoms with van der Waals surface area (Å²) in [7, 11) is 1.84. The third kappa shape index (κ3) is 3.99. The average Bonchev–Trinajstić information content (AvgIpc) is 3.23. The summed E-state index contributed by atoms with van der Waals surface area (Å²) < 4.78 is 37.6. The van der Waals surface area contributed by atoms with Gasteiger partial charge in [0.25, 0.3) is 5.56 Å². The van der Waals surface area contributed by atoms with Gasteiger partial charge in [0.1, 0.15) is 22.4 Å². The molecule has 0 radical (unpaired) electrons. The minimum absolute atomic E-state index is 0.0197. The van der Waals surface area contributed by atoms with Gasteiger partial charge >= 0.3 is 0 Å². The Hall–Kier alpha value is -3.17. The molecule has 5 rings (SSSR count). The van der Waals surface area contributed by atoms with Gasteiger partial charge in [-0.25, -0.2) is 18.7 Å². The molecule has 3 aromatic heterocycles. The fourth-order valence-corrected chi connectivity index (χ4v) is 4.65. The van der Waals surface area contributed by atoms with Crippen molar-refractivity contribution in [2.45, 2.75) is 44.8 Å². The van der Waals surface area contributed by atoms with Crippen LogP contribution in [0.5, 0.6) is 0 Å². The number of benzene rings is 1. The van der Waals surface area contributed by atoms with Gasteiger partial charge in [-0.2, -0.15) is 5.10 Å². The Morgan fingerprint density at radius 3 is 2.68 bits per heavy atom. The van der Waals surface area contributed by atoms with Crippen molar-refractivity contribution in [1.82, 2.24) is 24.1 Å². The molecule has 34 heavy (non-hydrogen) atoms. The first kappa shape index (κ1) is 22.6. The van der Waals surface area contributed by atoms with Crippen LogP contribution in [-0.4, -0.2) is 30.3 Å². The molecule has 0 bridgehead atoms. The molecule has 7 nitrogen and oxygen atoms in total. The molecule has 3 atom stereocenters. The van der Waals surface area contributed by atoms with E-state index in [2.05, 4.69) is 10.1 Å². The number of hydrogen-bond acceptors (Lipinski definition) is 5. The molecule has 4 aromatic rings. The maximum Gasteiger partial charge on any atom is 0.277 e. The van der Waals surface area contributed by atoms with Gasteiger partial charge in [-0.05, 0) is 38.8 Å². The zero-order valence-electron chi connectivity index (χ0n) is 18.8. The number of rotatable bonds is 3. The van der Waals surface area contributed by atoms with Crippen LogP contribution in [0.3, 0.4) is 0 Å². The lowest BCUT2D eigenvalue weighted by Crippen LogP contribution is -2.27. The summed E-state index contributed by atoms with van der Waals surface area (Å²) in [6.07, 6.45) is 6.26. The Balaban J connectivity index is 1.69. The summed E-state index contributed by atoms with van der Waals surface area (Å²) in [5.41, 5.74) is 1.73. The van der Waals surface area contributed by atoms with E-state index in [-0.39, 0.29) is 40.1 Å². The predicted molar refractivity (Wildman–Crippen MR) is 123 cm³/mol. The van der Waals surface area contributed by atoms with Crippen LogP contribution < -0.4 is 5.56 Å². The molecule has 0 amide bonds. The number of aryl methyl sites for hydroxylation is 2. The Labute approximate surface area is 199 Å². The first-order valence-corrected chi connectivity index (χ1v) is 11.3. The third-order valence-electron chi connectivity index (χ3n) is 6.15. The molecular formula is C24H22ClF2N5O2. The summed E-state index contributed by atoms with van der Waals surface area (Å²) in [6.45, 7) is 3.58. The fraction of sp³-hybridized carbons (Fsp3) is 0.333. The monoisotopic (exact) mass is 485 g/mol. The van der Waals surface area contributed by atoms with Crippen molar-refractivity contribution in [3.8, 4) is 11.3 Å². The number of aromatic nitrogens is 5. The minimum Gasteiger partial charge on any atom is -0.370 e. The molecule has 0 N–H and O–H groups in total. The van der Waals surface area contributed by atoms with Crippen LogP contribution in [0.2, 0.25) is 5.02 Å². The maximum absolute atomic E-state index is 14.8. The van der Waals surface area contributed by atoms with Crippen molar-refractivity contribution in [3.05, 3.63) is 80.8 Å². The first-order chi connectivity index (χ1) is 16.2. The standard InChI is InChI=1S/C24H22ClF2N5O2/c1-12-6-14(7-20(34-12)15-9-28-31(3)10-15)19-11-32-23(29-13(2)21(25)24(32)33)22(30-19)17-5-4-16(26)8-18(17)27/h4-5,8-12,14,20H,6-7H2,1-3H3/t12-,14+,20-/m0/s1. The van der Waals surface area contributed by atoms with Crippen LogP contribution in [0, 0.1) is 18.6 Å². The Kier molecular flexibility index (Phi) is 5.69. The number of ether oxygens (including phenoxy) is 1. The van der Waals surface area contributed by atoms with E-state index in [0.29, 0.717) is 24.2 Å². The molecule has 0 aliphatic carbocycles. The van der Waals surface area contributed by atoms with Crippen molar-refractivity contribution in [3.63, 3.8) is 0 Å². The van der Waals surface area contributed by atoms with E-state index >= 15 is 0 Å². The van der Waals surface area contributed by atoms with Gasteiger partial charge in [0.2, 0.25) is 0 Å². The fourth-order valence-electron chi connectivity index (χ4n) is 4.51. The van der Waals surface area contributed by atoms with E-state index in [1.54, 1.807) is 24.0 Å². The molecule has 1 aliphatic heterocycles. The molecule has 4 heterocycles. The second-order valence-electron chi connectivity index (χ2n) is 8.70. The zero-order chi connectivity index (χ0) is 24.1. The molecule has 0 spiro atoms. The maximum atomic E-state index is 14.8. The average molecular weight is 486 g/mol. The molecule has 1 aliphatic rings. The van der Waals surface area contributed by atoms with E-state index in [4.69, 9.17) is 21.3 Å². The smallest absolute Gasteiger partial charge is 0.277 e. The first-order valence-electron chi connectivity index (χ1n) is 10.9. The van der Waals surface area contributed by atoms with Gasteiger partial charge < -0.3 is 4.74 Å². The molecule has 1 saturated heterocycles. The summed E-state index contributed by atoms with van der Waals surface area (Å²) in [6, 6.07) is 3.24. The Morgan fingerprint density at radius 1 is 1.18 bits per heavy atom. The van der Waals surface area contributed by atoms with Crippen LogP contribution in [0.25, 0.3) is 16.9 Å². The Bertz CT molecular complexity index is 1470. The quantitative estimate of drug-likeness (QED) is 0.418. The second kappa shape index (κ2) is 8.56. The minimum atomic E-state index is -0.790. The molecule has 0 unspecified atom stereocenters. The Morgan fingerprint density at radius 2 is 1.97 bits per heavy atom. The van der Waals surface area contributed by atoms with Gasteiger partial charge in [-0.15, -0.1) is 0 Å². The van der Waals surface area contributed by atoms with E-state index in [1.807, 2.05) is 20.2 Å². The molecular weight excluding hydrogens is 464 g/mol. The van der Waals surface area contributed by atoms with Gasteiger partial charge in [0.15, 0.2) is 5.65 Å². The topological polar surface area (TPSA) is 74.3 Å². The SMILES string of the molecule is Cc1nc2c(-c3ccc(F)cc3F)nc([C@H]3C[C@@H](c4cnn(C)c4)O[C@@H](C)C3)cn2c(=O)c1Cl. The molecule has 1 fully saturated rings. The number of fused-ring (bicyclic) bond motifs is 1. The van der Waals surface area contributed by atoms with Crippen LogP contribution in [0.15, 0.2) is 41.6 Å². The van der Waals surface area contributed by atoms with Crippen LogP contribution >= 0.6 is 11.6 Å². The van der Waals surface area contributed by atoms with Crippen molar-refractivity contribution in [2.75, 3.05) is 0 Å². The molecule has 1 aromatic carbocycles. The summed E-state index contributed by atoms with van der Waals surface area (Å²) >= 11 is 6.20. The molecule has 0 saturated carbocycles. The summed E-state index contributed by atoms with van der Waals surface area (Å²) in [5, 5.41) is 4.22. The number of nitrogens with zero attached hydrogens (tertiary/aromatic N) is 5. The highest BCUT2D eigenvalue weighted by molar-refractivity contribution is 6.31. The van der Waals surface area contributed by atoms with Crippen molar-refractivity contribution in [2.24, 2.45) is 7.05 Å². The van der Waals surface area contributed by atoms with E-state index < -0.39 is 17.2 Å². The van der Waals surface area contributed by atoms with Crippen LogP contribution in [0.1, 0.15) is 48.7 Å². The largest absolute Gasteiger partial charge is 0.370 e. The van der Waals surface area contributed by atoms with Crippen LogP contribution in [-0.2, 0) is 11.8 Å². The van der Waals surface area contributed by atoms with Gasteiger partial charge in [-0.1, -0.05) is 11.6 Å². The summed E-state index contributed by atoms with van der Waals surface area (Å²) in [5.74, 6) is -1.58. The predicted octanol–water partition coefficient (Wildman–Crippen LogP) is 4.75. The van der Waals surface area contributed by atoms with Gasteiger partial charge in [0, 0.05) is 42.6 Å². The van der Waals surface area contributed by atoms with E-state index in [0.717, 1.165) is 17.7 Å². The van der Waals surface area contributed by atoms with E-state index in [9.17, 15) is 13.6 Å². The van der Waals surface area contributed by atoms with E-state index in [1.165, 1.54) is 10.5 Å². The lowest BCUT2D eigenvalue weighted by molar-refractivity contribution is -0.0506. The number of halogens is 3.